The summed E-state index contributed by atoms with van der Waals surface area (Å²) >= 11 is 3.32. The third kappa shape index (κ3) is 4.07. The zero-order valence-electron chi connectivity index (χ0n) is 15.9. The van der Waals surface area contributed by atoms with E-state index in [9.17, 15) is 22.8 Å². The van der Waals surface area contributed by atoms with Crippen molar-refractivity contribution < 1.29 is 13.2 Å². The van der Waals surface area contributed by atoms with Crippen LogP contribution in [-0.4, -0.2) is 18.7 Å². The van der Waals surface area contributed by atoms with Gasteiger partial charge in [-0.2, -0.15) is 13.2 Å². The molecule has 0 N–H and O–H groups in total. The van der Waals surface area contributed by atoms with E-state index in [1.165, 1.54) is 23.7 Å². The molecule has 0 radical (unpaired) electrons. The van der Waals surface area contributed by atoms with Crippen molar-refractivity contribution in [2.45, 2.75) is 33.1 Å². The van der Waals surface area contributed by atoms with Crippen LogP contribution in [0.5, 0.6) is 0 Å². The smallest absolute Gasteiger partial charge is 0.309 e. The predicted molar refractivity (Wildman–Crippen MR) is 107 cm³/mol. The van der Waals surface area contributed by atoms with Crippen LogP contribution >= 0.6 is 15.9 Å². The zero-order valence-corrected chi connectivity index (χ0v) is 17.5. The van der Waals surface area contributed by atoms with E-state index in [1.54, 1.807) is 4.57 Å². The molecule has 3 rings (SSSR count). The second kappa shape index (κ2) is 7.66. The Labute approximate surface area is 172 Å². The topological polar surface area (TPSA) is 61.8 Å². The summed E-state index contributed by atoms with van der Waals surface area (Å²) in [5, 5.41) is 0. The van der Waals surface area contributed by atoms with Gasteiger partial charge in [-0.15, -0.1) is 0 Å². The summed E-state index contributed by atoms with van der Waals surface area (Å²) in [7, 11) is 1.50. The third-order valence-corrected chi connectivity index (χ3v) is 5.10. The van der Waals surface area contributed by atoms with Crippen molar-refractivity contribution in [3.63, 3.8) is 0 Å². The van der Waals surface area contributed by atoms with Gasteiger partial charge in [-0.05, 0) is 47.5 Å². The van der Waals surface area contributed by atoms with Crippen LogP contribution in [0.3, 0.4) is 0 Å². The first-order valence-corrected chi connectivity index (χ1v) is 9.45. The highest BCUT2D eigenvalue weighted by molar-refractivity contribution is 9.10. The highest BCUT2D eigenvalue weighted by Crippen LogP contribution is 2.29. The fourth-order valence-electron chi connectivity index (χ4n) is 2.91. The molecule has 2 heterocycles. The molecule has 154 valence electrons. The number of halogens is 4. The standard InChI is InChI=1S/C19H18BrF3N4O2/c1-11(2)8-9-26-14-15(24-17(26)20)25(3)18(29)27(16(14)28)10-12-4-6-13(7-5-12)19(21,22)23/h4-8H,9-10H2,1-3H3. The van der Waals surface area contributed by atoms with E-state index in [4.69, 9.17) is 0 Å². The van der Waals surface area contributed by atoms with Crippen LogP contribution in [0.4, 0.5) is 13.2 Å². The number of rotatable bonds is 4. The van der Waals surface area contributed by atoms with Crippen molar-refractivity contribution in [2.75, 3.05) is 0 Å². The van der Waals surface area contributed by atoms with Gasteiger partial charge >= 0.3 is 11.9 Å². The maximum Gasteiger partial charge on any atom is 0.416 e. The normalized spacial score (nSPS) is 11.8. The number of benzene rings is 1. The van der Waals surface area contributed by atoms with Crippen LogP contribution in [0.1, 0.15) is 25.0 Å². The summed E-state index contributed by atoms with van der Waals surface area (Å²) < 4.78 is 42.6. The average molecular weight is 471 g/mol. The minimum atomic E-state index is -4.45. The van der Waals surface area contributed by atoms with Gasteiger partial charge in [-0.3, -0.25) is 13.9 Å². The summed E-state index contributed by atoms with van der Waals surface area (Å²) in [6.07, 6.45) is -2.54. The summed E-state index contributed by atoms with van der Waals surface area (Å²) in [5.74, 6) is 0. The first-order valence-electron chi connectivity index (χ1n) is 8.65. The summed E-state index contributed by atoms with van der Waals surface area (Å²) in [6.45, 7) is 4.08. The molecule has 0 saturated heterocycles. The Balaban J connectivity index is 2.13. The molecule has 0 atom stereocenters. The number of fused-ring (bicyclic) bond motifs is 1. The molecular formula is C19H18BrF3N4O2. The van der Waals surface area contributed by atoms with E-state index in [0.29, 0.717) is 16.8 Å². The van der Waals surface area contributed by atoms with E-state index < -0.39 is 23.0 Å². The Morgan fingerprint density at radius 1 is 1.14 bits per heavy atom. The molecule has 0 amide bonds. The number of hydrogen-bond acceptors (Lipinski definition) is 3. The zero-order chi connectivity index (χ0) is 21.5. The monoisotopic (exact) mass is 470 g/mol. The van der Waals surface area contributed by atoms with Gasteiger partial charge in [0.2, 0.25) is 0 Å². The van der Waals surface area contributed by atoms with Gasteiger partial charge in [0.25, 0.3) is 5.56 Å². The molecular weight excluding hydrogens is 453 g/mol. The molecule has 0 aliphatic carbocycles. The van der Waals surface area contributed by atoms with E-state index >= 15 is 0 Å². The van der Waals surface area contributed by atoms with Crippen LogP contribution in [0, 0.1) is 0 Å². The van der Waals surface area contributed by atoms with Crippen LogP contribution < -0.4 is 11.2 Å². The van der Waals surface area contributed by atoms with Crippen molar-refractivity contribution in [2.24, 2.45) is 7.05 Å². The number of alkyl halides is 3. The molecule has 29 heavy (non-hydrogen) atoms. The molecule has 0 fully saturated rings. The van der Waals surface area contributed by atoms with Crippen molar-refractivity contribution in [3.8, 4) is 0 Å². The average Bonchev–Trinajstić information content (AvgIpc) is 2.98. The van der Waals surface area contributed by atoms with Crippen LogP contribution in [0.25, 0.3) is 11.2 Å². The number of imidazole rings is 1. The summed E-state index contributed by atoms with van der Waals surface area (Å²) in [5.41, 5.74) is -0.00786. The molecule has 1 aromatic carbocycles. The van der Waals surface area contributed by atoms with Gasteiger partial charge in [-0.1, -0.05) is 23.8 Å². The fraction of sp³-hybridized carbons (Fsp3) is 0.316. The fourth-order valence-corrected chi connectivity index (χ4v) is 3.40. The predicted octanol–water partition coefficient (Wildman–Crippen LogP) is 3.69. The van der Waals surface area contributed by atoms with Crippen molar-refractivity contribution in [3.05, 3.63) is 72.6 Å². The van der Waals surface area contributed by atoms with Gasteiger partial charge in [0, 0.05) is 13.6 Å². The number of aryl methyl sites for hydroxylation is 1. The molecule has 2 aromatic heterocycles. The molecule has 0 aliphatic heterocycles. The molecule has 3 aromatic rings. The Morgan fingerprint density at radius 2 is 1.76 bits per heavy atom. The number of aromatic nitrogens is 4. The van der Waals surface area contributed by atoms with Crippen LogP contribution in [-0.2, 0) is 26.3 Å². The second-order valence-corrected chi connectivity index (χ2v) is 7.58. The van der Waals surface area contributed by atoms with Gasteiger partial charge < -0.3 is 4.57 Å². The first-order chi connectivity index (χ1) is 13.5. The lowest BCUT2D eigenvalue weighted by Gasteiger charge is -2.11. The highest BCUT2D eigenvalue weighted by atomic mass is 79.9. The number of nitrogens with zero attached hydrogens (tertiary/aromatic N) is 4. The first kappa shape index (κ1) is 21.1. The SMILES string of the molecule is CC(C)=CCn1c(Br)nc2c1c(=O)n(Cc1ccc(C(F)(F)F)cc1)c(=O)n2C. The Hall–Kier alpha value is -2.62. The van der Waals surface area contributed by atoms with E-state index in [0.717, 1.165) is 22.3 Å². The Kier molecular flexibility index (Phi) is 5.57. The van der Waals surface area contributed by atoms with E-state index in [2.05, 4.69) is 20.9 Å². The molecule has 6 nitrogen and oxygen atoms in total. The molecule has 0 aliphatic rings. The summed E-state index contributed by atoms with van der Waals surface area (Å²) in [4.78, 5) is 30.0. The lowest BCUT2D eigenvalue weighted by Crippen LogP contribution is -2.40. The molecule has 0 saturated carbocycles. The van der Waals surface area contributed by atoms with Crippen LogP contribution in [0.2, 0.25) is 0 Å². The number of allylic oxidation sites excluding steroid dienone is 2. The van der Waals surface area contributed by atoms with Crippen molar-refractivity contribution >= 4 is 27.1 Å². The third-order valence-electron chi connectivity index (χ3n) is 4.49. The lowest BCUT2D eigenvalue weighted by atomic mass is 10.1. The van der Waals surface area contributed by atoms with Crippen molar-refractivity contribution in [1.82, 2.24) is 18.7 Å². The molecule has 0 bridgehead atoms. The van der Waals surface area contributed by atoms with E-state index in [1.807, 2.05) is 19.9 Å². The molecule has 0 unspecified atom stereocenters. The molecule has 0 spiro atoms. The lowest BCUT2D eigenvalue weighted by molar-refractivity contribution is -0.137. The summed E-state index contributed by atoms with van der Waals surface area (Å²) in [6, 6.07) is 4.38. The maximum atomic E-state index is 13.1. The Morgan fingerprint density at radius 3 is 2.31 bits per heavy atom. The second-order valence-electron chi connectivity index (χ2n) is 6.87. The van der Waals surface area contributed by atoms with Crippen molar-refractivity contribution in [1.29, 1.82) is 0 Å². The van der Waals surface area contributed by atoms with Gasteiger partial charge in [0.05, 0.1) is 12.1 Å². The van der Waals surface area contributed by atoms with Gasteiger partial charge in [0.15, 0.2) is 15.9 Å². The maximum absolute atomic E-state index is 13.1. The van der Waals surface area contributed by atoms with Gasteiger partial charge in [-0.25, -0.2) is 9.78 Å². The van der Waals surface area contributed by atoms with Gasteiger partial charge in [0.1, 0.15) is 0 Å². The van der Waals surface area contributed by atoms with E-state index in [-0.39, 0.29) is 17.7 Å². The molecule has 10 heteroatoms. The quantitative estimate of drug-likeness (QED) is 0.431. The Bertz CT molecular complexity index is 1210. The van der Waals surface area contributed by atoms with Crippen LogP contribution in [0.15, 0.2) is 50.2 Å². The number of hydrogen-bond donors (Lipinski definition) is 0. The highest BCUT2D eigenvalue weighted by Gasteiger charge is 2.30. The minimum Gasteiger partial charge on any atom is -0.309 e. The minimum absolute atomic E-state index is 0.148. The largest absolute Gasteiger partial charge is 0.416 e.